The van der Waals surface area contributed by atoms with Crippen LogP contribution in [0.3, 0.4) is 0 Å². The van der Waals surface area contributed by atoms with Crippen molar-refractivity contribution in [1.82, 2.24) is 36.0 Å². The summed E-state index contributed by atoms with van der Waals surface area (Å²) >= 11 is 1.12. The normalized spacial score (nSPS) is 23.6. The molecule has 158 valence electrons. The van der Waals surface area contributed by atoms with Crippen LogP contribution >= 0.6 is 11.8 Å². The van der Waals surface area contributed by atoms with Crippen LogP contribution in [0.2, 0.25) is 0 Å². The molecule has 30 heavy (non-hydrogen) atoms. The fraction of sp³-hybridized carbons (Fsp3) is 0.444. The zero-order chi connectivity index (χ0) is 21.1. The number of urea groups is 1. The zero-order valence-electron chi connectivity index (χ0n) is 16.3. The molecule has 2 fully saturated rings. The Kier molecular flexibility index (Phi) is 5.68. The van der Waals surface area contributed by atoms with Crippen LogP contribution in [0.4, 0.5) is 4.79 Å². The maximum atomic E-state index is 12.8. The largest absolute Gasteiger partial charge is 0.376 e. The summed E-state index contributed by atoms with van der Waals surface area (Å²) in [4.78, 5) is 37.5. The molecule has 4 amide bonds. The molecule has 1 aromatic carbocycles. The first-order chi connectivity index (χ1) is 14.5. The van der Waals surface area contributed by atoms with Gasteiger partial charge in [0, 0.05) is 6.61 Å². The number of tetrazole rings is 1. The summed E-state index contributed by atoms with van der Waals surface area (Å²) in [6, 6.07) is 8.17. The highest BCUT2D eigenvalue weighted by molar-refractivity contribution is 7.99. The molecule has 0 unspecified atom stereocenters. The van der Waals surface area contributed by atoms with Gasteiger partial charge in [-0.1, -0.05) is 42.1 Å². The predicted molar refractivity (Wildman–Crippen MR) is 105 cm³/mol. The second kappa shape index (κ2) is 8.40. The molecular weight excluding hydrogens is 410 g/mol. The lowest BCUT2D eigenvalue weighted by molar-refractivity contribution is -0.138. The van der Waals surface area contributed by atoms with Crippen LogP contribution in [0.15, 0.2) is 35.5 Å². The van der Waals surface area contributed by atoms with E-state index in [-0.39, 0.29) is 11.9 Å². The molecule has 2 aromatic rings. The number of benzene rings is 1. The van der Waals surface area contributed by atoms with Crippen LogP contribution in [0, 0.1) is 0 Å². The third kappa shape index (κ3) is 4.00. The summed E-state index contributed by atoms with van der Waals surface area (Å²) in [6.45, 7) is 2.84. The number of hydrazine groups is 1. The van der Waals surface area contributed by atoms with Gasteiger partial charge in [0.25, 0.3) is 5.91 Å². The summed E-state index contributed by atoms with van der Waals surface area (Å²) in [5.41, 5.74) is 1.75. The van der Waals surface area contributed by atoms with Gasteiger partial charge in [-0.3, -0.25) is 15.0 Å². The van der Waals surface area contributed by atoms with Crippen molar-refractivity contribution in [2.75, 3.05) is 12.4 Å². The van der Waals surface area contributed by atoms with E-state index in [0.29, 0.717) is 22.3 Å². The maximum absolute atomic E-state index is 12.8. The molecule has 3 heterocycles. The van der Waals surface area contributed by atoms with Crippen molar-refractivity contribution in [3.63, 3.8) is 0 Å². The van der Waals surface area contributed by atoms with Crippen LogP contribution in [-0.2, 0) is 26.4 Å². The Morgan fingerprint density at radius 3 is 2.90 bits per heavy atom. The number of carbonyl (C=O) groups excluding carboxylic acids is 3. The van der Waals surface area contributed by atoms with Crippen LogP contribution in [0.1, 0.15) is 25.3 Å². The molecular formula is C18H21N7O4S. The first-order valence-corrected chi connectivity index (χ1v) is 10.5. The number of imide groups is 1. The van der Waals surface area contributed by atoms with Crippen molar-refractivity contribution in [3.05, 3.63) is 35.9 Å². The molecule has 2 atom stereocenters. The monoisotopic (exact) mass is 431 g/mol. The molecule has 0 bridgehead atoms. The third-order valence-corrected chi connectivity index (χ3v) is 5.97. The van der Waals surface area contributed by atoms with Gasteiger partial charge in [0.15, 0.2) is 0 Å². The molecule has 2 aliphatic rings. The lowest BCUT2D eigenvalue weighted by Crippen LogP contribution is -2.48. The van der Waals surface area contributed by atoms with Gasteiger partial charge in [-0.2, -0.15) is 5.01 Å². The lowest BCUT2D eigenvalue weighted by Gasteiger charge is -2.22. The highest BCUT2D eigenvalue weighted by atomic mass is 32.2. The summed E-state index contributed by atoms with van der Waals surface area (Å²) in [6.07, 6.45) is 2.01. The Morgan fingerprint density at radius 1 is 1.37 bits per heavy atom. The van der Waals surface area contributed by atoms with Gasteiger partial charge in [0.1, 0.15) is 5.54 Å². The van der Waals surface area contributed by atoms with Crippen molar-refractivity contribution in [2.45, 2.75) is 43.1 Å². The van der Waals surface area contributed by atoms with Gasteiger partial charge in [-0.25, -0.2) is 9.48 Å². The van der Waals surface area contributed by atoms with Crippen molar-refractivity contribution in [3.8, 4) is 0 Å². The van der Waals surface area contributed by atoms with Gasteiger partial charge in [-0.05, 0) is 35.8 Å². The summed E-state index contributed by atoms with van der Waals surface area (Å²) in [7, 11) is 0. The molecule has 0 spiro atoms. The summed E-state index contributed by atoms with van der Waals surface area (Å²) in [5.74, 6) is -1.14. The SMILES string of the molecule is C[C@]1(c2ccccc2)NC(=O)N(NC(=O)CSc2nnnn2C[C@@H]2CCCO2)C1=O. The second-order valence-corrected chi connectivity index (χ2v) is 8.11. The lowest BCUT2D eigenvalue weighted by atomic mass is 9.92. The minimum Gasteiger partial charge on any atom is -0.376 e. The average molecular weight is 431 g/mol. The standard InChI is InChI=1S/C18H21N7O4S/c1-18(12-6-3-2-4-7-12)15(27)25(16(28)19-18)21-14(26)11-30-17-20-22-23-24(17)10-13-8-5-9-29-13/h2-4,6-7,13H,5,8-11H2,1H3,(H,19,28)(H,21,26)/t13-,18+/m0/s1. The molecule has 0 radical (unpaired) electrons. The smallest absolute Gasteiger partial charge is 0.344 e. The first kappa shape index (κ1) is 20.3. The van der Waals surface area contributed by atoms with Crippen molar-refractivity contribution < 1.29 is 19.1 Å². The Balaban J connectivity index is 1.35. The maximum Gasteiger partial charge on any atom is 0.344 e. The average Bonchev–Trinajstić information content (AvgIpc) is 3.46. The minimum atomic E-state index is -1.25. The molecule has 4 rings (SSSR count). The van der Waals surface area contributed by atoms with E-state index < -0.39 is 23.4 Å². The number of nitrogens with one attached hydrogen (secondary N) is 2. The zero-order valence-corrected chi connectivity index (χ0v) is 17.1. The Morgan fingerprint density at radius 2 is 2.17 bits per heavy atom. The topological polar surface area (TPSA) is 131 Å². The molecule has 2 N–H and O–H groups in total. The number of hydrogen-bond donors (Lipinski definition) is 2. The highest BCUT2D eigenvalue weighted by Gasteiger charge is 2.49. The fourth-order valence-electron chi connectivity index (χ4n) is 3.39. The van der Waals surface area contributed by atoms with E-state index in [9.17, 15) is 14.4 Å². The van der Waals surface area contributed by atoms with E-state index in [1.54, 1.807) is 35.9 Å². The highest BCUT2D eigenvalue weighted by Crippen LogP contribution is 2.27. The number of hydrogen-bond acceptors (Lipinski definition) is 8. The van der Waals surface area contributed by atoms with E-state index in [2.05, 4.69) is 26.3 Å². The number of thioether (sulfide) groups is 1. The van der Waals surface area contributed by atoms with Crippen molar-refractivity contribution >= 4 is 29.6 Å². The van der Waals surface area contributed by atoms with E-state index in [1.165, 1.54) is 0 Å². The molecule has 0 saturated carbocycles. The third-order valence-electron chi connectivity index (χ3n) is 5.01. The van der Waals surface area contributed by atoms with Crippen molar-refractivity contribution in [1.29, 1.82) is 0 Å². The first-order valence-electron chi connectivity index (χ1n) is 9.49. The van der Waals surface area contributed by atoms with E-state index >= 15 is 0 Å². The van der Waals surface area contributed by atoms with Crippen molar-refractivity contribution in [2.24, 2.45) is 0 Å². The molecule has 2 saturated heterocycles. The van der Waals surface area contributed by atoms with Gasteiger partial charge < -0.3 is 10.1 Å². The quantitative estimate of drug-likeness (QED) is 0.477. The summed E-state index contributed by atoms with van der Waals surface area (Å²) in [5, 5.41) is 15.3. The number of aromatic nitrogens is 4. The second-order valence-electron chi connectivity index (χ2n) is 7.16. The molecule has 1 aromatic heterocycles. The number of carbonyl (C=O) groups is 3. The van der Waals surface area contributed by atoms with E-state index in [1.807, 2.05) is 6.07 Å². The number of nitrogens with zero attached hydrogens (tertiary/aromatic N) is 5. The van der Waals surface area contributed by atoms with Gasteiger partial charge in [-0.15, -0.1) is 5.10 Å². The van der Waals surface area contributed by atoms with Gasteiger partial charge in [0.05, 0.1) is 18.4 Å². The van der Waals surface area contributed by atoms with E-state index in [4.69, 9.17) is 4.74 Å². The number of ether oxygens (including phenoxy) is 1. The van der Waals surface area contributed by atoms with Crippen LogP contribution < -0.4 is 10.7 Å². The Bertz CT molecular complexity index is 947. The molecule has 12 heteroatoms. The molecule has 11 nitrogen and oxygen atoms in total. The minimum absolute atomic E-state index is 0.0586. The summed E-state index contributed by atoms with van der Waals surface area (Å²) < 4.78 is 7.17. The van der Waals surface area contributed by atoms with Crippen LogP contribution in [0.25, 0.3) is 0 Å². The van der Waals surface area contributed by atoms with Gasteiger partial charge >= 0.3 is 6.03 Å². The Labute approximate surface area is 176 Å². The molecule has 2 aliphatic heterocycles. The van der Waals surface area contributed by atoms with Gasteiger partial charge in [0.2, 0.25) is 11.1 Å². The number of rotatable bonds is 7. The molecule has 0 aliphatic carbocycles. The van der Waals surface area contributed by atoms with Crippen LogP contribution in [-0.4, -0.2) is 61.5 Å². The fourth-order valence-corrected chi connectivity index (χ4v) is 4.07. The van der Waals surface area contributed by atoms with Crippen LogP contribution in [0.5, 0.6) is 0 Å². The predicted octanol–water partition coefficient (Wildman–Crippen LogP) is 0.443. The Hall–Kier alpha value is -2.99. The number of amides is 4. The van der Waals surface area contributed by atoms with E-state index in [0.717, 1.165) is 31.2 Å².